The lowest BCUT2D eigenvalue weighted by atomic mass is 9.95. The van der Waals surface area contributed by atoms with Crippen LogP contribution in [0.15, 0.2) is 0 Å². The maximum Gasteiger partial charge on any atom is 0.237 e. The molecule has 19 heavy (non-hydrogen) atoms. The summed E-state index contributed by atoms with van der Waals surface area (Å²) in [6, 6.07) is 0.523. The third-order valence-corrected chi connectivity index (χ3v) is 3.88. The first kappa shape index (κ1) is 18.4. The minimum atomic E-state index is -0.593. The first-order chi connectivity index (χ1) is 8.76. The Bertz CT molecular complexity index is 270. The van der Waals surface area contributed by atoms with Crippen molar-refractivity contribution in [2.24, 2.45) is 5.73 Å². The van der Waals surface area contributed by atoms with Gasteiger partial charge < -0.3 is 16.0 Å². The Kier molecular flexibility index (Phi) is 8.22. The second-order valence-electron chi connectivity index (χ2n) is 5.79. The van der Waals surface area contributed by atoms with E-state index in [1.165, 1.54) is 0 Å². The fraction of sp³-hybridized carbons (Fsp3) is 0.929. The molecule has 0 aromatic rings. The van der Waals surface area contributed by atoms with Crippen LogP contribution in [0.4, 0.5) is 0 Å². The maximum atomic E-state index is 11.4. The Morgan fingerprint density at radius 3 is 2.37 bits per heavy atom. The van der Waals surface area contributed by atoms with Crippen LogP contribution in [0.3, 0.4) is 0 Å². The van der Waals surface area contributed by atoms with Gasteiger partial charge in [0.1, 0.15) is 0 Å². The molecule has 0 bridgehead atoms. The summed E-state index contributed by atoms with van der Waals surface area (Å²) in [6.07, 6.45) is 1.73. The van der Waals surface area contributed by atoms with Crippen LogP contribution >= 0.6 is 0 Å². The van der Waals surface area contributed by atoms with Crippen molar-refractivity contribution in [1.29, 1.82) is 0 Å². The summed E-state index contributed by atoms with van der Waals surface area (Å²) in [5, 5.41) is 3.03. The van der Waals surface area contributed by atoms with E-state index in [9.17, 15) is 4.79 Å². The van der Waals surface area contributed by atoms with Crippen molar-refractivity contribution >= 4 is 5.91 Å². The summed E-state index contributed by atoms with van der Waals surface area (Å²) in [5.41, 5.74) is 4.84. The van der Waals surface area contributed by atoms with Gasteiger partial charge in [0.05, 0.1) is 5.54 Å². The molecule has 2 unspecified atom stereocenters. The minimum absolute atomic E-state index is 0.278. The Hall–Kier alpha value is -0.650. The van der Waals surface area contributed by atoms with Crippen molar-refractivity contribution in [3.8, 4) is 0 Å². The molecule has 2 atom stereocenters. The number of nitrogens with two attached hydrogens (primary N) is 1. The van der Waals surface area contributed by atoms with Gasteiger partial charge in [-0.3, -0.25) is 9.69 Å². The van der Waals surface area contributed by atoms with E-state index in [1.807, 2.05) is 6.92 Å². The van der Waals surface area contributed by atoms with E-state index in [1.54, 1.807) is 7.05 Å². The number of nitrogens with one attached hydrogen (secondary N) is 1. The number of likely N-dealkylation sites (N-methyl/N-ethyl adjacent to an activating group) is 3. The second kappa shape index (κ2) is 8.51. The lowest BCUT2D eigenvalue weighted by Gasteiger charge is -2.31. The van der Waals surface area contributed by atoms with Gasteiger partial charge in [0.15, 0.2) is 0 Å². The van der Waals surface area contributed by atoms with Crippen LogP contribution in [0.1, 0.15) is 33.6 Å². The van der Waals surface area contributed by atoms with Crippen molar-refractivity contribution in [1.82, 2.24) is 15.1 Å². The van der Waals surface area contributed by atoms with Crippen molar-refractivity contribution in [2.45, 2.75) is 45.2 Å². The van der Waals surface area contributed by atoms with Crippen LogP contribution in [0.25, 0.3) is 0 Å². The Balaban J connectivity index is 4.25. The minimum Gasteiger partial charge on any atom is -0.368 e. The molecule has 0 aromatic carbocycles. The number of carbonyl (C=O) groups excluding carboxylic acids is 1. The van der Waals surface area contributed by atoms with Gasteiger partial charge in [-0.25, -0.2) is 0 Å². The molecule has 114 valence electrons. The van der Waals surface area contributed by atoms with Gasteiger partial charge in [-0.15, -0.1) is 0 Å². The summed E-state index contributed by atoms with van der Waals surface area (Å²) in [6.45, 7) is 9.37. The van der Waals surface area contributed by atoms with E-state index in [4.69, 9.17) is 5.73 Å². The maximum absolute atomic E-state index is 11.4. The summed E-state index contributed by atoms with van der Waals surface area (Å²) in [5.74, 6) is -0.278. The highest BCUT2D eigenvalue weighted by atomic mass is 16.1. The molecule has 0 heterocycles. The highest BCUT2D eigenvalue weighted by molar-refractivity contribution is 5.84. The predicted molar refractivity (Wildman–Crippen MR) is 81.2 cm³/mol. The largest absolute Gasteiger partial charge is 0.368 e. The molecule has 0 aliphatic heterocycles. The smallest absolute Gasteiger partial charge is 0.237 e. The molecule has 3 N–H and O–H groups in total. The molecule has 0 radical (unpaired) electrons. The number of primary amides is 1. The van der Waals surface area contributed by atoms with Crippen LogP contribution in [-0.2, 0) is 4.79 Å². The molecule has 5 heteroatoms. The van der Waals surface area contributed by atoms with E-state index in [-0.39, 0.29) is 5.91 Å². The lowest BCUT2D eigenvalue weighted by molar-refractivity contribution is -0.123. The third-order valence-electron chi connectivity index (χ3n) is 3.88. The molecule has 0 rings (SSSR count). The van der Waals surface area contributed by atoms with Gasteiger partial charge in [0.2, 0.25) is 5.91 Å². The SMILES string of the molecule is CCN(CCCC(C)(NC)C(N)=O)C(C)CN(C)C. The fourth-order valence-electron chi connectivity index (χ4n) is 2.34. The molecule has 5 nitrogen and oxygen atoms in total. The monoisotopic (exact) mass is 272 g/mol. The van der Waals surface area contributed by atoms with Crippen LogP contribution in [0.5, 0.6) is 0 Å². The summed E-state index contributed by atoms with van der Waals surface area (Å²) in [4.78, 5) is 16.1. The predicted octanol–water partition coefficient (Wildman–Crippen LogP) is 0.502. The molecule has 1 amide bonds. The average molecular weight is 272 g/mol. The molecule has 0 aromatic heterocycles. The van der Waals surface area contributed by atoms with Crippen molar-refractivity contribution in [2.75, 3.05) is 40.8 Å². The third kappa shape index (κ3) is 6.36. The topological polar surface area (TPSA) is 61.6 Å². The van der Waals surface area contributed by atoms with Gasteiger partial charge in [0.25, 0.3) is 0 Å². The average Bonchev–Trinajstić information content (AvgIpc) is 2.32. The summed E-state index contributed by atoms with van der Waals surface area (Å²) in [7, 11) is 5.97. The van der Waals surface area contributed by atoms with Crippen molar-refractivity contribution < 1.29 is 4.79 Å². The quantitative estimate of drug-likeness (QED) is 0.608. The van der Waals surface area contributed by atoms with Gasteiger partial charge >= 0.3 is 0 Å². The van der Waals surface area contributed by atoms with E-state index < -0.39 is 5.54 Å². The second-order valence-corrected chi connectivity index (χ2v) is 5.79. The fourth-order valence-corrected chi connectivity index (χ4v) is 2.34. The molecule has 0 saturated heterocycles. The number of rotatable bonds is 10. The van der Waals surface area contributed by atoms with E-state index in [0.717, 1.165) is 32.5 Å². The zero-order valence-electron chi connectivity index (χ0n) is 13.5. The van der Waals surface area contributed by atoms with Crippen LogP contribution < -0.4 is 11.1 Å². The van der Waals surface area contributed by atoms with Crippen LogP contribution in [0.2, 0.25) is 0 Å². The zero-order chi connectivity index (χ0) is 15.1. The van der Waals surface area contributed by atoms with Crippen molar-refractivity contribution in [3.63, 3.8) is 0 Å². The number of hydrogen-bond acceptors (Lipinski definition) is 4. The Labute approximate surface area is 118 Å². The summed E-state index contributed by atoms with van der Waals surface area (Å²) < 4.78 is 0. The number of nitrogens with zero attached hydrogens (tertiary/aromatic N) is 2. The standard InChI is InChI=1S/C14H32N4O/c1-7-18(12(2)11-17(5)6)10-8-9-14(3,16-4)13(15)19/h12,16H,7-11H2,1-6H3,(H2,15,19). The molecule has 0 aliphatic rings. The molecule has 0 spiro atoms. The van der Waals surface area contributed by atoms with Gasteiger partial charge in [-0.2, -0.15) is 0 Å². The normalized spacial score (nSPS) is 16.6. The highest BCUT2D eigenvalue weighted by Crippen LogP contribution is 2.12. The Morgan fingerprint density at radius 2 is 2.00 bits per heavy atom. The molecular formula is C14H32N4O. The first-order valence-electron chi connectivity index (χ1n) is 7.14. The van der Waals surface area contributed by atoms with Gasteiger partial charge in [-0.05, 0) is 60.9 Å². The lowest BCUT2D eigenvalue weighted by Crippen LogP contribution is -2.52. The molecular weight excluding hydrogens is 240 g/mol. The first-order valence-corrected chi connectivity index (χ1v) is 7.14. The number of amides is 1. The van der Waals surface area contributed by atoms with Crippen LogP contribution in [0, 0.1) is 0 Å². The Morgan fingerprint density at radius 1 is 1.42 bits per heavy atom. The molecule has 0 fully saturated rings. The van der Waals surface area contributed by atoms with Gasteiger partial charge in [0, 0.05) is 12.6 Å². The number of hydrogen-bond donors (Lipinski definition) is 2. The van der Waals surface area contributed by atoms with E-state index in [0.29, 0.717) is 6.04 Å². The zero-order valence-corrected chi connectivity index (χ0v) is 13.5. The van der Waals surface area contributed by atoms with E-state index in [2.05, 4.69) is 43.1 Å². The molecule has 0 saturated carbocycles. The molecule has 0 aliphatic carbocycles. The van der Waals surface area contributed by atoms with Gasteiger partial charge in [-0.1, -0.05) is 6.92 Å². The van der Waals surface area contributed by atoms with Crippen molar-refractivity contribution in [3.05, 3.63) is 0 Å². The highest BCUT2D eigenvalue weighted by Gasteiger charge is 2.28. The number of carbonyl (C=O) groups is 1. The van der Waals surface area contributed by atoms with E-state index >= 15 is 0 Å². The van der Waals surface area contributed by atoms with Crippen LogP contribution in [-0.4, -0.2) is 68.1 Å². The summed E-state index contributed by atoms with van der Waals surface area (Å²) >= 11 is 0.